The lowest BCUT2D eigenvalue weighted by molar-refractivity contribution is 0.0582. The molecule has 2 N–H and O–H groups in total. The van der Waals surface area contributed by atoms with Gasteiger partial charge in [-0.15, -0.1) is 0 Å². The van der Waals surface area contributed by atoms with Gasteiger partial charge in [0.2, 0.25) is 0 Å². The Morgan fingerprint density at radius 2 is 2.05 bits per heavy atom. The molecule has 1 fully saturated rings. The second kappa shape index (κ2) is 5.75. The van der Waals surface area contributed by atoms with Crippen molar-refractivity contribution in [1.82, 2.24) is 19.4 Å². The largest absolute Gasteiger partial charge is 0.330 e. The summed E-state index contributed by atoms with van der Waals surface area (Å²) >= 11 is 0. The summed E-state index contributed by atoms with van der Waals surface area (Å²) < 4.78 is 2.21. The molecule has 5 heteroatoms. The summed E-state index contributed by atoms with van der Waals surface area (Å²) in [6, 6.07) is 9.00. The van der Waals surface area contributed by atoms with E-state index >= 15 is 0 Å². The number of para-hydroxylation sites is 2. The van der Waals surface area contributed by atoms with Crippen LogP contribution in [0.2, 0.25) is 0 Å². The summed E-state index contributed by atoms with van der Waals surface area (Å²) in [7, 11) is 4.27. The lowest BCUT2D eigenvalue weighted by atomic mass is 10.1. The van der Waals surface area contributed by atoms with Gasteiger partial charge in [0, 0.05) is 39.3 Å². The zero-order valence-corrected chi connectivity index (χ0v) is 13.2. The molecule has 1 aromatic carbocycles. The van der Waals surface area contributed by atoms with Crippen molar-refractivity contribution in [3.63, 3.8) is 0 Å². The number of nitrogens with two attached hydrogens (primary N) is 1. The third-order valence-corrected chi connectivity index (χ3v) is 4.70. The van der Waals surface area contributed by atoms with Crippen LogP contribution >= 0.6 is 0 Å². The fourth-order valence-electron chi connectivity index (χ4n) is 3.43. The number of aromatic nitrogens is 2. The second-order valence-electron chi connectivity index (χ2n) is 6.08. The van der Waals surface area contributed by atoms with E-state index in [9.17, 15) is 0 Å². The van der Waals surface area contributed by atoms with Crippen molar-refractivity contribution in [3.8, 4) is 0 Å². The Hall–Kier alpha value is -1.43. The van der Waals surface area contributed by atoms with Crippen molar-refractivity contribution < 1.29 is 0 Å². The van der Waals surface area contributed by atoms with E-state index in [2.05, 4.69) is 53.6 Å². The molecule has 1 aliphatic heterocycles. The molecule has 1 saturated heterocycles. The summed E-state index contributed by atoms with van der Waals surface area (Å²) in [6.07, 6.45) is 0. The number of benzene rings is 1. The maximum Gasteiger partial charge on any atom is 0.126 e. The second-order valence-corrected chi connectivity index (χ2v) is 6.08. The van der Waals surface area contributed by atoms with Gasteiger partial charge in [-0.1, -0.05) is 12.1 Å². The molecular formula is C16H25N5. The van der Waals surface area contributed by atoms with Crippen LogP contribution in [0.5, 0.6) is 0 Å². The molecule has 2 aromatic rings. The Bertz CT molecular complexity index is 620. The Labute approximate surface area is 126 Å². The number of likely N-dealkylation sites (N-methyl/N-ethyl adjacent to an activating group) is 1. The molecular weight excluding hydrogens is 262 g/mol. The molecule has 1 aromatic heterocycles. The van der Waals surface area contributed by atoms with Crippen molar-refractivity contribution >= 4 is 11.0 Å². The van der Waals surface area contributed by atoms with Crippen molar-refractivity contribution in [2.45, 2.75) is 19.0 Å². The molecule has 0 bridgehead atoms. The first-order valence-corrected chi connectivity index (χ1v) is 7.67. The predicted molar refractivity (Wildman–Crippen MR) is 86.2 cm³/mol. The highest BCUT2D eigenvalue weighted by atomic mass is 15.3. The van der Waals surface area contributed by atoms with E-state index in [4.69, 9.17) is 10.7 Å². The minimum atomic E-state index is 0.282. The Kier molecular flexibility index (Phi) is 3.97. The van der Waals surface area contributed by atoms with E-state index in [-0.39, 0.29) is 6.04 Å². The summed E-state index contributed by atoms with van der Waals surface area (Å²) in [5.41, 5.74) is 8.25. The fourth-order valence-corrected chi connectivity index (χ4v) is 3.43. The van der Waals surface area contributed by atoms with Crippen LogP contribution in [0, 0.1) is 0 Å². The van der Waals surface area contributed by atoms with Crippen LogP contribution in [-0.4, -0.2) is 58.6 Å². The minimum absolute atomic E-state index is 0.282. The van der Waals surface area contributed by atoms with Gasteiger partial charge < -0.3 is 15.2 Å². The molecule has 114 valence electrons. The van der Waals surface area contributed by atoms with E-state index < -0.39 is 0 Å². The first kappa shape index (κ1) is 14.5. The molecule has 1 aliphatic rings. The highest BCUT2D eigenvalue weighted by molar-refractivity contribution is 5.75. The number of nitrogens with zero attached hydrogens (tertiary/aromatic N) is 4. The number of piperazine rings is 1. The molecule has 0 saturated carbocycles. The summed E-state index contributed by atoms with van der Waals surface area (Å²) in [4.78, 5) is 9.70. The topological polar surface area (TPSA) is 50.3 Å². The maximum absolute atomic E-state index is 5.99. The van der Waals surface area contributed by atoms with Crippen molar-refractivity contribution in [3.05, 3.63) is 30.1 Å². The normalized spacial score (nSPS) is 22.8. The van der Waals surface area contributed by atoms with Crippen LogP contribution in [0.4, 0.5) is 0 Å². The van der Waals surface area contributed by atoms with Crippen LogP contribution < -0.4 is 5.73 Å². The van der Waals surface area contributed by atoms with Crippen molar-refractivity contribution in [2.24, 2.45) is 12.8 Å². The van der Waals surface area contributed by atoms with E-state index in [1.54, 1.807) is 0 Å². The van der Waals surface area contributed by atoms with Gasteiger partial charge in [0.15, 0.2) is 0 Å². The maximum atomic E-state index is 5.99. The highest BCUT2D eigenvalue weighted by Crippen LogP contribution is 2.26. The van der Waals surface area contributed by atoms with Crippen molar-refractivity contribution in [1.29, 1.82) is 0 Å². The van der Waals surface area contributed by atoms with Gasteiger partial charge in [0.05, 0.1) is 17.1 Å². The number of fused-ring (bicyclic) bond motifs is 1. The molecule has 2 heterocycles. The Morgan fingerprint density at radius 3 is 2.76 bits per heavy atom. The Balaban J connectivity index is 1.92. The van der Waals surface area contributed by atoms with Gasteiger partial charge in [-0.25, -0.2) is 4.98 Å². The molecule has 3 rings (SSSR count). The fraction of sp³-hybridized carbons (Fsp3) is 0.562. The number of hydrogen-bond donors (Lipinski definition) is 1. The van der Waals surface area contributed by atoms with Gasteiger partial charge in [0.25, 0.3) is 0 Å². The van der Waals surface area contributed by atoms with Crippen LogP contribution in [0.15, 0.2) is 24.3 Å². The van der Waals surface area contributed by atoms with E-state index in [0.717, 1.165) is 31.0 Å². The molecule has 21 heavy (non-hydrogen) atoms. The van der Waals surface area contributed by atoms with Crippen LogP contribution in [0.1, 0.15) is 18.8 Å². The average Bonchev–Trinajstić information content (AvgIpc) is 2.84. The third kappa shape index (κ3) is 2.57. The van der Waals surface area contributed by atoms with E-state index in [1.165, 1.54) is 5.52 Å². The predicted octanol–water partition coefficient (Wildman–Crippen LogP) is 1.21. The zero-order chi connectivity index (χ0) is 15.0. The van der Waals surface area contributed by atoms with Crippen LogP contribution in [0.3, 0.4) is 0 Å². The molecule has 0 spiro atoms. The quantitative estimate of drug-likeness (QED) is 0.922. The monoisotopic (exact) mass is 287 g/mol. The summed E-state index contributed by atoms with van der Waals surface area (Å²) in [5, 5.41) is 0. The van der Waals surface area contributed by atoms with Gasteiger partial charge in [-0.05, 0) is 26.1 Å². The zero-order valence-electron chi connectivity index (χ0n) is 13.2. The molecule has 0 radical (unpaired) electrons. The van der Waals surface area contributed by atoms with E-state index in [1.807, 2.05) is 6.07 Å². The standard InChI is InChI=1S/C16H25N5/c1-12(21-9-8-19(2)11-13(21)10-17)16-18-14-6-4-5-7-15(14)20(16)3/h4-7,12-13H,8-11,17H2,1-3H3. The third-order valence-electron chi connectivity index (χ3n) is 4.70. The minimum Gasteiger partial charge on any atom is -0.330 e. The number of rotatable bonds is 3. The lowest BCUT2D eigenvalue weighted by Gasteiger charge is -2.42. The smallest absolute Gasteiger partial charge is 0.126 e. The summed E-state index contributed by atoms with van der Waals surface area (Å²) in [6.45, 7) is 6.10. The van der Waals surface area contributed by atoms with Gasteiger partial charge in [0.1, 0.15) is 5.82 Å². The molecule has 2 atom stereocenters. The van der Waals surface area contributed by atoms with Crippen LogP contribution in [-0.2, 0) is 7.05 Å². The number of imidazole rings is 1. The lowest BCUT2D eigenvalue weighted by Crippen LogP contribution is -2.55. The molecule has 2 unspecified atom stereocenters. The first-order valence-electron chi connectivity index (χ1n) is 7.67. The van der Waals surface area contributed by atoms with Gasteiger partial charge >= 0.3 is 0 Å². The van der Waals surface area contributed by atoms with Crippen LogP contribution in [0.25, 0.3) is 11.0 Å². The SMILES string of the molecule is CC(c1nc2ccccc2n1C)N1CCN(C)CC1CN. The first-order chi connectivity index (χ1) is 10.1. The number of aryl methyl sites for hydroxylation is 1. The van der Waals surface area contributed by atoms with Gasteiger partial charge in [-0.3, -0.25) is 4.90 Å². The molecule has 0 amide bonds. The number of hydrogen-bond acceptors (Lipinski definition) is 4. The molecule has 5 nitrogen and oxygen atoms in total. The summed E-state index contributed by atoms with van der Waals surface area (Å²) in [5.74, 6) is 1.12. The highest BCUT2D eigenvalue weighted by Gasteiger charge is 2.30. The van der Waals surface area contributed by atoms with E-state index in [0.29, 0.717) is 12.6 Å². The Morgan fingerprint density at radius 1 is 1.29 bits per heavy atom. The average molecular weight is 287 g/mol. The van der Waals surface area contributed by atoms with Crippen molar-refractivity contribution in [2.75, 3.05) is 33.2 Å². The van der Waals surface area contributed by atoms with Gasteiger partial charge in [-0.2, -0.15) is 0 Å². The molecule has 0 aliphatic carbocycles.